The lowest BCUT2D eigenvalue weighted by molar-refractivity contribution is -0.0437. The van der Waals surface area contributed by atoms with E-state index < -0.39 is 0 Å². The fourth-order valence-electron chi connectivity index (χ4n) is 2.08. The Hall–Kier alpha value is -2.01. The molecule has 3 rings (SSSR count). The third-order valence-corrected chi connectivity index (χ3v) is 3.19. The molecule has 22 heavy (non-hydrogen) atoms. The van der Waals surface area contributed by atoms with Gasteiger partial charge in [-0.05, 0) is 24.3 Å². The Bertz CT molecular complexity index is 766. The molecule has 0 fully saturated rings. The van der Waals surface area contributed by atoms with Crippen molar-refractivity contribution in [3.63, 3.8) is 0 Å². The highest BCUT2D eigenvalue weighted by atomic mass is 35.5. The maximum absolute atomic E-state index is 5.92. The molecule has 0 aliphatic heterocycles. The quantitative estimate of drug-likeness (QED) is 0.483. The van der Waals surface area contributed by atoms with Crippen molar-refractivity contribution in [2.75, 3.05) is 13.9 Å². The van der Waals surface area contributed by atoms with Crippen LogP contribution in [-0.2, 0) is 16.1 Å². The first kappa shape index (κ1) is 14.9. The van der Waals surface area contributed by atoms with Gasteiger partial charge in [0.25, 0.3) is 0 Å². The SMILES string of the molecule is COCOCc1cc2cccc(Oc3cc[c]c(Cl)c3)c2o1. The monoisotopic (exact) mass is 317 g/mol. The van der Waals surface area contributed by atoms with Crippen LogP contribution in [0.3, 0.4) is 0 Å². The number of rotatable bonds is 6. The third-order valence-electron chi connectivity index (χ3n) is 2.97. The molecule has 0 aliphatic carbocycles. The molecule has 0 N–H and O–H groups in total. The summed E-state index contributed by atoms with van der Waals surface area (Å²) in [5.41, 5.74) is 0.669. The Morgan fingerprint density at radius 2 is 2.14 bits per heavy atom. The summed E-state index contributed by atoms with van der Waals surface area (Å²) >= 11 is 5.92. The predicted molar refractivity (Wildman–Crippen MR) is 83.2 cm³/mol. The number of ether oxygens (including phenoxy) is 3. The van der Waals surface area contributed by atoms with Crippen LogP contribution in [0.2, 0.25) is 5.02 Å². The molecule has 0 saturated heterocycles. The number of furan rings is 1. The summed E-state index contributed by atoms with van der Waals surface area (Å²) in [6.45, 7) is 0.563. The minimum atomic E-state index is 0.222. The molecule has 1 radical (unpaired) electrons. The molecular formula is C17H14ClO4. The van der Waals surface area contributed by atoms with E-state index >= 15 is 0 Å². The topological polar surface area (TPSA) is 40.8 Å². The van der Waals surface area contributed by atoms with Crippen LogP contribution in [0.4, 0.5) is 0 Å². The number of halogens is 1. The number of hydrogen-bond donors (Lipinski definition) is 0. The lowest BCUT2D eigenvalue weighted by Crippen LogP contribution is -1.95. The maximum atomic E-state index is 5.92. The summed E-state index contributed by atoms with van der Waals surface area (Å²) in [6, 6.07) is 15.7. The van der Waals surface area contributed by atoms with Crippen molar-refractivity contribution >= 4 is 22.6 Å². The molecule has 1 aromatic heterocycles. The van der Waals surface area contributed by atoms with Crippen molar-refractivity contribution in [3.05, 3.63) is 59.3 Å². The summed E-state index contributed by atoms with van der Waals surface area (Å²) < 4.78 is 21.8. The zero-order valence-corrected chi connectivity index (χ0v) is 12.7. The molecule has 3 aromatic rings. The van der Waals surface area contributed by atoms with Gasteiger partial charge in [-0.3, -0.25) is 0 Å². The molecule has 1 heterocycles. The van der Waals surface area contributed by atoms with E-state index in [2.05, 4.69) is 6.07 Å². The van der Waals surface area contributed by atoms with Gasteiger partial charge < -0.3 is 18.6 Å². The number of hydrogen-bond acceptors (Lipinski definition) is 4. The van der Waals surface area contributed by atoms with Gasteiger partial charge in [-0.25, -0.2) is 0 Å². The van der Waals surface area contributed by atoms with Gasteiger partial charge >= 0.3 is 0 Å². The molecule has 113 valence electrons. The standard InChI is InChI=1S/C17H14ClO4/c1-19-11-20-10-15-8-12-4-2-7-16(17(12)22-15)21-14-6-3-5-13(18)9-14/h2-4,6-9H,10-11H2,1H3. The Labute approximate surface area is 133 Å². The van der Waals surface area contributed by atoms with Gasteiger partial charge in [-0.1, -0.05) is 23.7 Å². The lowest BCUT2D eigenvalue weighted by Gasteiger charge is -2.06. The highest BCUT2D eigenvalue weighted by Crippen LogP contribution is 2.33. The second kappa shape index (κ2) is 6.83. The first-order chi connectivity index (χ1) is 10.8. The molecule has 4 nitrogen and oxygen atoms in total. The predicted octanol–water partition coefficient (Wildman–Crippen LogP) is 4.80. The Balaban J connectivity index is 1.86. The van der Waals surface area contributed by atoms with Crippen LogP contribution in [0.5, 0.6) is 11.5 Å². The third kappa shape index (κ3) is 3.42. The molecule has 2 aromatic carbocycles. The fraction of sp³-hybridized carbons (Fsp3) is 0.176. The van der Waals surface area contributed by atoms with E-state index in [-0.39, 0.29) is 6.79 Å². The first-order valence-electron chi connectivity index (χ1n) is 6.69. The minimum Gasteiger partial charge on any atom is -0.455 e. The van der Waals surface area contributed by atoms with Crippen LogP contribution in [0.1, 0.15) is 5.76 Å². The van der Waals surface area contributed by atoms with E-state index in [9.17, 15) is 0 Å². The Kier molecular flexibility index (Phi) is 4.63. The van der Waals surface area contributed by atoms with E-state index in [1.807, 2.05) is 24.3 Å². The summed E-state index contributed by atoms with van der Waals surface area (Å²) in [6.07, 6.45) is 0. The van der Waals surface area contributed by atoms with Gasteiger partial charge in [-0.2, -0.15) is 0 Å². The number of para-hydroxylation sites is 1. The molecule has 5 heteroatoms. The van der Waals surface area contributed by atoms with Crippen LogP contribution < -0.4 is 4.74 Å². The van der Waals surface area contributed by atoms with Crippen LogP contribution in [-0.4, -0.2) is 13.9 Å². The number of benzene rings is 2. The summed E-state index contributed by atoms with van der Waals surface area (Å²) in [4.78, 5) is 0. The van der Waals surface area contributed by atoms with Crippen molar-refractivity contribution in [2.24, 2.45) is 0 Å². The van der Waals surface area contributed by atoms with Gasteiger partial charge in [0.2, 0.25) is 0 Å². The van der Waals surface area contributed by atoms with Crippen molar-refractivity contribution in [1.29, 1.82) is 0 Å². The summed E-state index contributed by atoms with van der Waals surface area (Å²) in [5, 5.41) is 1.44. The molecule has 0 amide bonds. The van der Waals surface area contributed by atoms with Crippen molar-refractivity contribution in [1.82, 2.24) is 0 Å². The molecule has 0 bridgehead atoms. The number of fused-ring (bicyclic) bond motifs is 1. The van der Waals surface area contributed by atoms with E-state index in [0.717, 1.165) is 5.39 Å². The summed E-state index contributed by atoms with van der Waals surface area (Å²) in [7, 11) is 1.58. The fourth-order valence-corrected chi connectivity index (χ4v) is 2.25. The van der Waals surface area contributed by atoms with E-state index in [1.54, 1.807) is 25.3 Å². The Morgan fingerprint density at radius 1 is 1.23 bits per heavy atom. The lowest BCUT2D eigenvalue weighted by atomic mass is 10.2. The smallest absolute Gasteiger partial charge is 0.176 e. The van der Waals surface area contributed by atoms with E-state index in [4.69, 9.17) is 30.2 Å². The molecule has 0 unspecified atom stereocenters. The van der Waals surface area contributed by atoms with Crippen LogP contribution in [0.15, 0.2) is 46.9 Å². The average molecular weight is 318 g/mol. The highest BCUT2D eigenvalue weighted by molar-refractivity contribution is 6.30. The zero-order chi connectivity index (χ0) is 15.4. The number of methoxy groups -OCH3 is 1. The highest BCUT2D eigenvalue weighted by Gasteiger charge is 2.10. The largest absolute Gasteiger partial charge is 0.455 e. The molecule has 0 atom stereocenters. The molecule has 0 spiro atoms. The molecular weight excluding hydrogens is 304 g/mol. The van der Waals surface area contributed by atoms with Gasteiger partial charge in [0.05, 0.1) is 5.02 Å². The molecule has 0 aliphatic rings. The zero-order valence-electron chi connectivity index (χ0n) is 12.0. The van der Waals surface area contributed by atoms with Crippen LogP contribution in [0.25, 0.3) is 11.0 Å². The second-order valence-electron chi connectivity index (χ2n) is 4.62. The molecule has 0 saturated carbocycles. The van der Waals surface area contributed by atoms with Gasteiger partial charge in [0.15, 0.2) is 11.3 Å². The van der Waals surface area contributed by atoms with Crippen molar-refractivity contribution < 1.29 is 18.6 Å². The summed E-state index contributed by atoms with van der Waals surface area (Å²) in [5.74, 6) is 1.96. The second-order valence-corrected chi connectivity index (χ2v) is 5.02. The van der Waals surface area contributed by atoms with Crippen molar-refractivity contribution in [3.8, 4) is 11.5 Å². The normalized spacial score (nSPS) is 11.0. The average Bonchev–Trinajstić information content (AvgIpc) is 2.92. The van der Waals surface area contributed by atoms with E-state index in [1.165, 1.54) is 0 Å². The van der Waals surface area contributed by atoms with Crippen LogP contribution in [0, 0.1) is 6.07 Å². The van der Waals surface area contributed by atoms with Gasteiger partial charge in [0, 0.05) is 24.6 Å². The Morgan fingerprint density at radius 3 is 2.95 bits per heavy atom. The van der Waals surface area contributed by atoms with Gasteiger partial charge in [-0.15, -0.1) is 0 Å². The maximum Gasteiger partial charge on any atom is 0.176 e. The van der Waals surface area contributed by atoms with Crippen LogP contribution >= 0.6 is 11.6 Å². The minimum absolute atomic E-state index is 0.222. The van der Waals surface area contributed by atoms with Crippen molar-refractivity contribution in [2.45, 2.75) is 6.61 Å². The van der Waals surface area contributed by atoms with E-state index in [0.29, 0.717) is 34.5 Å². The van der Waals surface area contributed by atoms with Gasteiger partial charge in [0.1, 0.15) is 24.9 Å². The first-order valence-corrected chi connectivity index (χ1v) is 7.07.